The number of nitrogens with one attached hydrogen (secondary N) is 1. The number of ether oxygens (including phenoxy) is 1. The van der Waals surface area contributed by atoms with E-state index in [1.165, 1.54) is 19.3 Å². The summed E-state index contributed by atoms with van der Waals surface area (Å²) in [4.78, 5) is 4.34. The second-order valence-electron chi connectivity index (χ2n) is 6.79. The van der Waals surface area contributed by atoms with Crippen LogP contribution in [0, 0.1) is 5.41 Å². The van der Waals surface area contributed by atoms with E-state index in [0.717, 1.165) is 30.1 Å². The SMILES string of the molecule is CCO[C@H]1C[C@H](Nc2cccc(-c3ncn(C)n3)c2)C12CCC2. The number of nitrogens with zero attached hydrogens (tertiary/aromatic N) is 3. The van der Waals surface area contributed by atoms with E-state index in [-0.39, 0.29) is 0 Å². The van der Waals surface area contributed by atoms with Crippen LogP contribution < -0.4 is 5.32 Å². The molecular formula is C18H24N4O. The standard InChI is InChI=1S/C18H24N4O/c1-3-23-16-11-15(18(16)8-5-9-18)20-14-7-4-6-13(10-14)17-19-12-22(2)21-17/h4,6-7,10,12,15-16,20H,3,5,8-9,11H2,1-2H3/t15-,16-/m0/s1. The first-order valence-electron chi connectivity index (χ1n) is 8.55. The average molecular weight is 312 g/mol. The lowest BCUT2D eigenvalue weighted by atomic mass is 9.51. The van der Waals surface area contributed by atoms with Gasteiger partial charge in [-0.3, -0.25) is 4.68 Å². The van der Waals surface area contributed by atoms with Gasteiger partial charge in [0.05, 0.1) is 6.10 Å². The maximum absolute atomic E-state index is 5.94. The van der Waals surface area contributed by atoms with Crippen LogP contribution in [0.3, 0.4) is 0 Å². The zero-order chi connectivity index (χ0) is 15.9. The van der Waals surface area contributed by atoms with Crippen LogP contribution in [0.15, 0.2) is 30.6 Å². The number of aromatic nitrogens is 3. The van der Waals surface area contributed by atoms with Crippen LogP contribution in [0.5, 0.6) is 0 Å². The van der Waals surface area contributed by atoms with Crippen molar-refractivity contribution in [3.63, 3.8) is 0 Å². The molecule has 2 atom stereocenters. The molecule has 0 aliphatic heterocycles. The molecule has 2 aliphatic rings. The number of benzene rings is 1. The summed E-state index contributed by atoms with van der Waals surface area (Å²) in [7, 11) is 1.89. The predicted octanol–water partition coefficient (Wildman–Crippen LogP) is 3.24. The van der Waals surface area contributed by atoms with E-state index in [9.17, 15) is 0 Å². The Morgan fingerprint density at radius 2 is 2.26 bits per heavy atom. The molecule has 2 aliphatic carbocycles. The highest BCUT2D eigenvalue weighted by molar-refractivity contribution is 5.62. The van der Waals surface area contributed by atoms with Gasteiger partial charge in [-0.15, -0.1) is 0 Å². The maximum atomic E-state index is 5.94. The molecule has 1 aromatic carbocycles. The zero-order valence-electron chi connectivity index (χ0n) is 13.8. The Hall–Kier alpha value is -1.88. The largest absolute Gasteiger partial charge is 0.382 e. The smallest absolute Gasteiger partial charge is 0.181 e. The fourth-order valence-electron chi connectivity index (χ4n) is 4.06. The number of aryl methyl sites for hydroxylation is 1. The van der Waals surface area contributed by atoms with Gasteiger partial charge in [0.25, 0.3) is 0 Å². The Bertz CT molecular complexity index is 692. The van der Waals surface area contributed by atoms with Crippen molar-refractivity contribution in [3.8, 4) is 11.4 Å². The molecule has 5 heteroatoms. The van der Waals surface area contributed by atoms with Gasteiger partial charge in [0.1, 0.15) is 6.33 Å². The molecule has 0 amide bonds. The summed E-state index contributed by atoms with van der Waals surface area (Å²) < 4.78 is 7.67. The number of anilines is 1. The monoisotopic (exact) mass is 312 g/mol. The summed E-state index contributed by atoms with van der Waals surface area (Å²) in [6.45, 7) is 2.91. The van der Waals surface area contributed by atoms with Gasteiger partial charge in [-0.05, 0) is 38.3 Å². The summed E-state index contributed by atoms with van der Waals surface area (Å²) in [6, 6.07) is 8.94. The predicted molar refractivity (Wildman–Crippen MR) is 90.2 cm³/mol. The van der Waals surface area contributed by atoms with Gasteiger partial charge in [-0.1, -0.05) is 18.6 Å². The molecule has 2 aromatic rings. The van der Waals surface area contributed by atoms with Gasteiger partial charge in [-0.2, -0.15) is 5.10 Å². The Labute approximate surface area is 137 Å². The molecule has 4 rings (SSSR count). The lowest BCUT2D eigenvalue weighted by Crippen LogP contribution is -2.64. The van der Waals surface area contributed by atoms with Gasteiger partial charge < -0.3 is 10.1 Å². The third-order valence-corrected chi connectivity index (χ3v) is 5.50. The highest BCUT2D eigenvalue weighted by Crippen LogP contribution is 2.58. The molecule has 5 nitrogen and oxygen atoms in total. The van der Waals surface area contributed by atoms with Crippen molar-refractivity contribution in [3.05, 3.63) is 30.6 Å². The highest BCUT2D eigenvalue weighted by atomic mass is 16.5. The van der Waals surface area contributed by atoms with Crippen molar-refractivity contribution in [2.75, 3.05) is 11.9 Å². The van der Waals surface area contributed by atoms with Crippen LogP contribution in [0.4, 0.5) is 5.69 Å². The van der Waals surface area contributed by atoms with Crippen LogP contribution >= 0.6 is 0 Å². The Morgan fingerprint density at radius 3 is 2.91 bits per heavy atom. The van der Waals surface area contributed by atoms with Crippen molar-refractivity contribution in [1.29, 1.82) is 0 Å². The molecule has 1 spiro atoms. The van der Waals surface area contributed by atoms with E-state index >= 15 is 0 Å². The van der Waals surface area contributed by atoms with E-state index in [0.29, 0.717) is 17.6 Å². The lowest BCUT2D eigenvalue weighted by Gasteiger charge is -2.61. The molecule has 2 saturated carbocycles. The van der Waals surface area contributed by atoms with Crippen LogP contribution in [0.25, 0.3) is 11.4 Å². The molecule has 1 N–H and O–H groups in total. The van der Waals surface area contributed by atoms with E-state index in [1.807, 2.05) is 7.05 Å². The molecule has 0 saturated heterocycles. The van der Waals surface area contributed by atoms with Gasteiger partial charge in [0.2, 0.25) is 0 Å². The minimum absolute atomic E-state index is 0.370. The molecule has 1 heterocycles. The molecule has 2 fully saturated rings. The average Bonchev–Trinajstić information content (AvgIpc) is 2.91. The second-order valence-corrected chi connectivity index (χ2v) is 6.79. The first-order chi connectivity index (χ1) is 11.2. The third-order valence-electron chi connectivity index (χ3n) is 5.50. The van der Waals surface area contributed by atoms with E-state index in [2.05, 4.69) is 46.6 Å². The summed E-state index contributed by atoms with van der Waals surface area (Å²) in [5.41, 5.74) is 2.58. The first kappa shape index (κ1) is 14.7. The van der Waals surface area contributed by atoms with Crippen LogP contribution in [-0.4, -0.2) is 33.5 Å². The minimum Gasteiger partial charge on any atom is -0.382 e. The molecule has 0 radical (unpaired) electrons. The van der Waals surface area contributed by atoms with E-state index < -0.39 is 0 Å². The van der Waals surface area contributed by atoms with Crippen molar-refractivity contribution in [1.82, 2.24) is 14.8 Å². The quantitative estimate of drug-likeness (QED) is 0.921. The Balaban J connectivity index is 1.49. The normalized spacial score (nSPS) is 25.0. The highest BCUT2D eigenvalue weighted by Gasteiger charge is 2.58. The van der Waals surface area contributed by atoms with E-state index in [1.54, 1.807) is 11.0 Å². The van der Waals surface area contributed by atoms with Crippen molar-refractivity contribution < 1.29 is 4.74 Å². The van der Waals surface area contributed by atoms with Crippen LogP contribution in [0.2, 0.25) is 0 Å². The lowest BCUT2D eigenvalue weighted by molar-refractivity contribution is -0.157. The summed E-state index contributed by atoms with van der Waals surface area (Å²) in [5, 5.41) is 8.12. The molecule has 23 heavy (non-hydrogen) atoms. The van der Waals surface area contributed by atoms with Crippen molar-refractivity contribution >= 4 is 5.69 Å². The van der Waals surface area contributed by atoms with Gasteiger partial charge >= 0.3 is 0 Å². The molecule has 0 bridgehead atoms. The topological polar surface area (TPSA) is 52.0 Å². The Kier molecular flexibility index (Phi) is 3.60. The van der Waals surface area contributed by atoms with E-state index in [4.69, 9.17) is 4.74 Å². The number of hydrogen-bond donors (Lipinski definition) is 1. The number of hydrogen-bond acceptors (Lipinski definition) is 4. The maximum Gasteiger partial charge on any atom is 0.181 e. The summed E-state index contributed by atoms with van der Waals surface area (Å²) in [5.74, 6) is 0.773. The minimum atomic E-state index is 0.370. The first-order valence-corrected chi connectivity index (χ1v) is 8.55. The van der Waals surface area contributed by atoms with Crippen LogP contribution in [0.1, 0.15) is 32.6 Å². The molecule has 1 aromatic heterocycles. The molecule has 0 unspecified atom stereocenters. The zero-order valence-corrected chi connectivity index (χ0v) is 13.8. The Morgan fingerprint density at radius 1 is 1.39 bits per heavy atom. The fraction of sp³-hybridized carbons (Fsp3) is 0.556. The summed E-state index contributed by atoms with van der Waals surface area (Å²) in [6.07, 6.45) is 7.20. The van der Waals surface area contributed by atoms with Gasteiger partial charge in [0, 0.05) is 36.4 Å². The molecule has 122 valence electrons. The van der Waals surface area contributed by atoms with Gasteiger partial charge in [-0.25, -0.2) is 4.98 Å². The molecular weight excluding hydrogens is 288 g/mol. The second kappa shape index (κ2) is 5.64. The van der Waals surface area contributed by atoms with Gasteiger partial charge in [0.15, 0.2) is 5.82 Å². The third kappa shape index (κ3) is 2.43. The van der Waals surface area contributed by atoms with Crippen LogP contribution in [-0.2, 0) is 11.8 Å². The van der Waals surface area contributed by atoms with Crippen molar-refractivity contribution in [2.45, 2.75) is 44.8 Å². The summed E-state index contributed by atoms with van der Waals surface area (Å²) >= 11 is 0. The van der Waals surface area contributed by atoms with Crippen molar-refractivity contribution in [2.24, 2.45) is 12.5 Å². The fourth-order valence-corrected chi connectivity index (χ4v) is 4.06. The number of rotatable bonds is 5.